The third-order valence-electron chi connectivity index (χ3n) is 24.0. The van der Waals surface area contributed by atoms with Crippen LogP contribution in [0.1, 0.15) is 83.0 Å². The maximum Gasteiger partial charge on any atom is 0.260 e. The van der Waals surface area contributed by atoms with Gasteiger partial charge < -0.3 is 76.8 Å². The first-order chi connectivity index (χ1) is 70.4. The second-order valence-corrected chi connectivity index (χ2v) is 42.9. The lowest BCUT2D eigenvalue weighted by Crippen LogP contribution is -2.30. The topological polar surface area (TPSA) is 594 Å². The molecular weight excluding hydrogens is 2000 g/mol. The minimum absolute atomic E-state index is 0.00546. The van der Waals surface area contributed by atoms with Gasteiger partial charge >= 0.3 is 0 Å². The number of sulfone groups is 1. The first kappa shape index (κ1) is 102. The number of aromatic nitrogens is 10. The van der Waals surface area contributed by atoms with Crippen molar-refractivity contribution in [1.29, 1.82) is 0 Å². The molecule has 148 heavy (non-hydrogen) atoms. The van der Waals surface area contributed by atoms with E-state index < -0.39 is 49.9 Å². The first-order valence-electron chi connectivity index (χ1n) is 45.1. The number of para-hydroxylation sites is 4. The highest BCUT2D eigenvalue weighted by molar-refractivity contribution is 7.92. The maximum atomic E-state index is 13.2. The van der Waals surface area contributed by atoms with E-state index >= 15 is 0 Å². The van der Waals surface area contributed by atoms with Crippen molar-refractivity contribution < 1.29 is 66.1 Å². The Morgan fingerprint density at radius 3 is 1.03 bits per heavy atom. The summed E-state index contributed by atoms with van der Waals surface area (Å²) in [6, 6.07) is 66.2. The molecule has 0 unspecified atom stereocenters. The van der Waals surface area contributed by atoms with Gasteiger partial charge in [-0.15, -0.1) is 0 Å². The van der Waals surface area contributed by atoms with Crippen molar-refractivity contribution in [1.82, 2.24) is 49.8 Å². The van der Waals surface area contributed by atoms with Gasteiger partial charge in [-0.05, 0) is 195 Å². The SMILES string of the molecule is CN1C(=O)c2ccccc2N(C2CCCC2)c2nc(Nc3cccc(S(N)(=O)=O)c3)ncc21.CN1C(=O)c2ccccc2Nc2nc(Nc3ccc(NS(C)(=O)=O)cc3)ncc21.CN1C(=O)c2ccccc2Nc2nc(Nc3ccc(S(N)(=O)=O)cc3)ncc21.CN1C(=O)c2ccccc2Nc2nc(Nc3cccc(S(N)(=O)=O)c3)ncc21.Cc1ccc2c(c1)N(C)c1nc(Nc3ccc(S(C)(=O)=O)cc3)ncc1N(C)C2=O. The number of nitrogens with zero attached hydrogens (tertiary/aromatic N) is 17. The van der Waals surface area contributed by atoms with Crippen LogP contribution < -0.4 is 97.0 Å². The Morgan fingerprint density at radius 2 is 0.628 bits per heavy atom. The van der Waals surface area contributed by atoms with Crippen molar-refractivity contribution >= 4 is 229 Å². The zero-order valence-corrected chi connectivity index (χ0v) is 84.4. The molecule has 5 amide bonds. The van der Waals surface area contributed by atoms with Crippen molar-refractivity contribution in [3.8, 4) is 0 Å². The molecule has 5 aromatic heterocycles. The Hall–Kier alpha value is -17.6. The molecule has 15 aromatic rings. The molecule has 5 aliphatic heterocycles. The molecule has 0 spiro atoms. The van der Waals surface area contributed by atoms with Crippen LogP contribution in [0.4, 0.5) is 150 Å². The summed E-state index contributed by atoms with van der Waals surface area (Å²) in [5, 5.41) is 40.2. The molecular formula is C99H95N29O15S5. The number of primary sulfonamides is 3. The monoisotopic (exact) mass is 2090 g/mol. The number of hydrogen-bond donors (Lipinski definition) is 12. The number of benzene rings is 10. The number of amides is 5. The third kappa shape index (κ3) is 22.8. The minimum Gasteiger partial charge on any atom is -0.338 e. The summed E-state index contributed by atoms with van der Waals surface area (Å²) >= 11 is 0. The number of anilines is 26. The van der Waals surface area contributed by atoms with E-state index in [0.29, 0.717) is 154 Å². The summed E-state index contributed by atoms with van der Waals surface area (Å²) < 4.78 is 117. The van der Waals surface area contributed by atoms with E-state index in [0.717, 1.165) is 55.1 Å². The molecule has 10 heterocycles. The van der Waals surface area contributed by atoms with Gasteiger partial charge in [-0.25, -0.2) is 82.4 Å². The van der Waals surface area contributed by atoms with Crippen LogP contribution >= 0.6 is 0 Å². The van der Waals surface area contributed by atoms with Crippen molar-refractivity contribution in [2.24, 2.45) is 15.4 Å². The van der Waals surface area contributed by atoms with Crippen LogP contribution in [-0.4, -0.2) is 182 Å². The molecule has 0 radical (unpaired) electrons. The Morgan fingerprint density at radius 1 is 0.304 bits per heavy atom. The van der Waals surface area contributed by atoms with E-state index in [4.69, 9.17) is 20.4 Å². The van der Waals surface area contributed by atoms with Gasteiger partial charge in [0.05, 0.1) is 113 Å². The fourth-order valence-corrected chi connectivity index (χ4v) is 19.3. The lowest BCUT2D eigenvalue weighted by molar-refractivity contribution is 0.0986. The lowest BCUT2D eigenvalue weighted by atomic mass is 10.1. The number of aryl methyl sites for hydroxylation is 1. The van der Waals surface area contributed by atoms with Crippen LogP contribution in [0, 0.1) is 6.92 Å². The molecule has 0 saturated heterocycles. The van der Waals surface area contributed by atoms with Gasteiger partial charge in [0.25, 0.3) is 29.5 Å². The highest BCUT2D eigenvalue weighted by atomic mass is 32.2. The standard InChI is InChI=1S/C23H24N6O3S.C21H21N5O3S.C19H18N6O3S.2C18H16N6O3S/c1-28-20-14-25-23(26-15-7-6-10-17(13-15)33(24,31)32)27-21(20)29(16-8-2-3-9-16)19-12-5-4-11-18(19)22(28)30;1-13-5-10-16-17(11-13)25(2)19-18(26(3)20(16)27)12-22-21(24-19)23-14-6-8-15(9-7-14)30(4,28)29;1-25-16-11-20-19(21-12-7-9-13(10-8-12)24-29(2,27)28)23-17(16)22-15-6-4-3-5-14(15)18(25)26;1-24-15-10-20-18(21-11-5-4-6-12(9-11)28(19,26)27)23-16(15)22-14-8-3-2-7-13(14)17(24)25;1-24-15-10-20-18(21-11-6-8-12(9-7-11)28(19,26)27)23-16(15)22-14-5-3-2-4-13(14)17(24)25/h4-7,10-14,16H,2-3,8-9H2,1H3,(H2,24,31,32)(H,25,26,27);5-12H,1-4H3,(H,22,23,24);3-11,24H,1-2H3,(H2,20,21,22,23);2*2-10H,1H3,(H2,19,26,27)(H2,20,21,22,23). The number of fused-ring (bicyclic) bond motifs is 10. The fraction of sp³-hybridized carbons (Fsp3) is 0.141. The number of nitrogens with two attached hydrogens (primary N) is 3. The lowest BCUT2D eigenvalue weighted by Gasteiger charge is -2.31. The van der Waals surface area contributed by atoms with Crippen LogP contribution in [-0.2, 0) is 49.9 Å². The molecule has 6 aliphatic rings. The number of hydrogen-bond acceptors (Lipinski definition) is 35. The van der Waals surface area contributed by atoms with Gasteiger partial charge in [-0.1, -0.05) is 79.6 Å². The van der Waals surface area contributed by atoms with Crippen LogP contribution in [0.5, 0.6) is 0 Å². The average molecular weight is 2090 g/mol. The maximum absolute atomic E-state index is 13.2. The van der Waals surface area contributed by atoms with Crippen molar-refractivity contribution in [2.75, 3.05) is 136 Å². The van der Waals surface area contributed by atoms with E-state index in [-0.39, 0.29) is 67.1 Å². The molecule has 1 fully saturated rings. The van der Waals surface area contributed by atoms with Crippen molar-refractivity contribution in [3.05, 3.63) is 301 Å². The number of carbonyl (C=O) groups excluding carboxylic acids is 5. The normalized spacial score (nSPS) is 13.9. The average Bonchev–Trinajstić information content (AvgIpc) is 1.55. The molecule has 10 aromatic carbocycles. The van der Waals surface area contributed by atoms with Crippen LogP contribution in [0.3, 0.4) is 0 Å². The number of rotatable bonds is 17. The quantitative estimate of drug-likeness (QED) is 0.0403. The second kappa shape index (κ2) is 41.6. The number of nitrogens with one attached hydrogen (secondary N) is 9. The second-order valence-electron chi connectivity index (χ2n) is 34.4. The summed E-state index contributed by atoms with van der Waals surface area (Å²) in [5.74, 6) is 3.40. The van der Waals surface area contributed by atoms with Gasteiger partial charge in [-0.2, -0.15) is 24.9 Å². The third-order valence-corrected chi connectivity index (χ3v) is 28.5. The molecule has 44 nitrogen and oxygen atoms in total. The summed E-state index contributed by atoms with van der Waals surface area (Å²) in [7, 11) is -7.74. The van der Waals surface area contributed by atoms with Gasteiger partial charge in [-0.3, -0.25) is 28.7 Å². The zero-order chi connectivity index (χ0) is 105. The van der Waals surface area contributed by atoms with Gasteiger partial charge in [0.15, 0.2) is 38.9 Å². The van der Waals surface area contributed by atoms with Crippen LogP contribution in [0.15, 0.2) is 287 Å². The molecule has 21 rings (SSSR count). The Bertz CT molecular complexity index is 8420. The summed E-state index contributed by atoms with van der Waals surface area (Å²) in [6.45, 7) is 1.97. The first-order valence-corrected chi connectivity index (χ1v) is 53.5. The van der Waals surface area contributed by atoms with E-state index in [1.165, 1.54) is 74.3 Å². The number of carbonyl (C=O) groups is 5. The summed E-state index contributed by atoms with van der Waals surface area (Å²) in [4.78, 5) is 120. The van der Waals surface area contributed by atoms with Gasteiger partial charge in [0.1, 0.15) is 28.4 Å². The summed E-state index contributed by atoms with van der Waals surface area (Å²) in [6.07, 6.45) is 14.4. The fourth-order valence-electron chi connectivity index (χ4n) is 16.5. The molecule has 0 bridgehead atoms. The smallest absolute Gasteiger partial charge is 0.260 e. The Labute approximate surface area is 850 Å². The molecule has 0 atom stereocenters. The largest absolute Gasteiger partial charge is 0.338 e. The van der Waals surface area contributed by atoms with Crippen molar-refractivity contribution in [2.45, 2.75) is 58.2 Å². The van der Waals surface area contributed by atoms with Gasteiger partial charge in [0, 0.05) is 88.7 Å². The van der Waals surface area contributed by atoms with E-state index in [9.17, 15) is 66.1 Å². The molecule has 15 N–H and O–H groups in total. The predicted octanol–water partition coefficient (Wildman–Crippen LogP) is 14.2. The highest BCUT2D eigenvalue weighted by Gasteiger charge is 2.38. The molecule has 49 heteroatoms. The molecule has 756 valence electrons. The number of sulfonamides is 4. The Balaban J connectivity index is 0.000000126. The van der Waals surface area contributed by atoms with E-state index in [1.807, 2.05) is 91.7 Å². The van der Waals surface area contributed by atoms with Crippen LogP contribution in [0.25, 0.3) is 0 Å². The highest BCUT2D eigenvalue weighted by Crippen LogP contribution is 2.46. The van der Waals surface area contributed by atoms with E-state index in [1.54, 1.807) is 180 Å². The van der Waals surface area contributed by atoms with E-state index in [2.05, 4.69) is 97.0 Å². The zero-order valence-electron chi connectivity index (χ0n) is 80.3. The molecule has 1 aliphatic carbocycles. The minimum atomic E-state index is -3.84. The van der Waals surface area contributed by atoms with Crippen LogP contribution in [0.2, 0.25) is 0 Å². The van der Waals surface area contributed by atoms with Crippen molar-refractivity contribution in [3.63, 3.8) is 0 Å². The predicted molar refractivity (Wildman–Crippen MR) is 567 cm³/mol. The summed E-state index contributed by atoms with van der Waals surface area (Å²) in [5.41, 5.74) is 13.6. The Kier molecular flexibility index (Phi) is 28.6. The van der Waals surface area contributed by atoms with Gasteiger partial charge in [0.2, 0.25) is 69.8 Å². The molecule has 1 saturated carbocycles.